The summed E-state index contributed by atoms with van der Waals surface area (Å²) in [4.78, 5) is 31.8. The number of hydrogen-bond donors (Lipinski definition) is 1. The van der Waals surface area contributed by atoms with E-state index in [4.69, 9.17) is 20.1 Å². The van der Waals surface area contributed by atoms with Crippen molar-refractivity contribution in [3.63, 3.8) is 0 Å². The second-order valence-electron chi connectivity index (χ2n) is 8.79. The molecule has 1 saturated carbocycles. The highest BCUT2D eigenvalue weighted by Gasteiger charge is 2.43. The van der Waals surface area contributed by atoms with Crippen LogP contribution in [0.3, 0.4) is 0 Å². The van der Waals surface area contributed by atoms with Crippen LogP contribution in [-0.4, -0.2) is 77.5 Å². The first-order chi connectivity index (χ1) is 13.9. The lowest BCUT2D eigenvalue weighted by molar-refractivity contribution is -0.122. The van der Waals surface area contributed by atoms with Crippen LogP contribution in [0.1, 0.15) is 26.7 Å². The van der Waals surface area contributed by atoms with E-state index in [-0.39, 0.29) is 17.8 Å². The van der Waals surface area contributed by atoms with Crippen molar-refractivity contribution in [2.75, 3.05) is 39.3 Å². The van der Waals surface area contributed by atoms with E-state index in [1.54, 1.807) is 0 Å². The number of β-amino-alcohol motifs (C(OH)–C–C–N with tert-alkyl or cyclic N) is 1. The topological polar surface area (TPSA) is 80.9 Å². The van der Waals surface area contributed by atoms with Gasteiger partial charge in [-0.25, -0.2) is 9.98 Å². The van der Waals surface area contributed by atoms with Crippen molar-refractivity contribution in [2.24, 2.45) is 26.3 Å². The molecule has 154 valence electrons. The summed E-state index contributed by atoms with van der Waals surface area (Å²) >= 11 is 0. The van der Waals surface area contributed by atoms with E-state index in [2.05, 4.69) is 23.6 Å². The number of piperazine rings is 1. The minimum atomic E-state index is -0.428. The summed E-state index contributed by atoms with van der Waals surface area (Å²) < 4.78 is 0. The van der Waals surface area contributed by atoms with Crippen LogP contribution in [-0.2, 0) is 4.79 Å². The Labute approximate surface area is 171 Å². The van der Waals surface area contributed by atoms with Crippen LogP contribution < -0.4 is 0 Å². The third-order valence-electron chi connectivity index (χ3n) is 5.76. The van der Waals surface area contributed by atoms with Gasteiger partial charge in [-0.2, -0.15) is 4.99 Å². The molecule has 2 fully saturated rings. The first-order valence-corrected chi connectivity index (χ1v) is 10.4. The second kappa shape index (κ2) is 8.16. The average molecular weight is 396 g/mol. The maximum absolute atomic E-state index is 13.0. The van der Waals surface area contributed by atoms with Gasteiger partial charge in [-0.05, 0) is 24.0 Å². The number of benzene rings is 1. The number of guanidine groups is 1. The normalized spacial score (nSPS) is 26.2. The molecule has 1 atom stereocenters. The number of aliphatic imine (C=N–C) groups is 3. The molecule has 1 unspecified atom stereocenters. The minimum Gasteiger partial charge on any atom is -0.395 e. The molecule has 7 nitrogen and oxygen atoms in total. The van der Waals surface area contributed by atoms with Crippen molar-refractivity contribution in [3.8, 4) is 0 Å². The number of amidine groups is 1. The molecule has 2 heterocycles. The SMILES string of the molecule is CC1(C)CC(=O)C2C(=NC(N3CCN(CCO)CC3)=NC2=Nc2ccccc2)C1. The van der Waals surface area contributed by atoms with E-state index < -0.39 is 5.92 Å². The molecule has 29 heavy (non-hydrogen) atoms. The fourth-order valence-corrected chi connectivity index (χ4v) is 4.31. The summed E-state index contributed by atoms with van der Waals surface area (Å²) in [7, 11) is 0. The highest BCUT2D eigenvalue weighted by Crippen LogP contribution is 2.37. The standard InChI is InChI=1S/C22H29N5O2/c1-22(2)14-17-19(18(29)15-22)20(23-16-6-4-3-5-7-16)25-21(24-17)27-10-8-26(9-11-27)12-13-28/h3-7,19,28H,8-15H2,1-2H3. The Balaban J connectivity index is 1.66. The Morgan fingerprint density at radius 2 is 1.83 bits per heavy atom. The first kappa shape index (κ1) is 19.9. The van der Waals surface area contributed by atoms with Gasteiger partial charge in [-0.3, -0.25) is 9.69 Å². The van der Waals surface area contributed by atoms with Gasteiger partial charge < -0.3 is 10.0 Å². The molecular formula is C22H29N5O2. The molecule has 1 saturated heterocycles. The van der Waals surface area contributed by atoms with Gasteiger partial charge in [0, 0.05) is 44.9 Å². The van der Waals surface area contributed by atoms with Crippen LogP contribution in [0, 0.1) is 11.3 Å². The van der Waals surface area contributed by atoms with Gasteiger partial charge in [0.25, 0.3) is 0 Å². The summed E-state index contributed by atoms with van der Waals surface area (Å²) in [6, 6.07) is 9.69. The van der Waals surface area contributed by atoms with Gasteiger partial charge in [-0.1, -0.05) is 32.0 Å². The molecule has 1 N–H and O–H groups in total. The molecule has 1 aliphatic carbocycles. The number of Topliss-reactive ketones (excluding diaryl/α,β-unsaturated/α-hetero) is 1. The first-order valence-electron chi connectivity index (χ1n) is 10.4. The molecule has 0 aromatic heterocycles. The Bertz CT molecular complexity index is 851. The molecular weight excluding hydrogens is 366 g/mol. The van der Waals surface area contributed by atoms with Crippen LogP contribution in [0.5, 0.6) is 0 Å². The number of carbonyl (C=O) groups is 1. The number of rotatable bonds is 3. The van der Waals surface area contributed by atoms with E-state index in [1.807, 2.05) is 30.3 Å². The largest absolute Gasteiger partial charge is 0.395 e. The number of aliphatic hydroxyl groups is 1. The van der Waals surface area contributed by atoms with Crippen LogP contribution in [0.4, 0.5) is 5.69 Å². The number of aliphatic hydroxyl groups excluding tert-OH is 1. The molecule has 4 rings (SSSR count). The fraction of sp³-hybridized carbons (Fsp3) is 0.545. The van der Waals surface area contributed by atoms with Gasteiger partial charge in [0.15, 0.2) is 0 Å². The van der Waals surface area contributed by atoms with E-state index in [1.165, 1.54) is 0 Å². The van der Waals surface area contributed by atoms with Gasteiger partial charge >= 0.3 is 0 Å². The summed E-state index contributed by atoms with van der Waals surface area (Å²) in [5.41, 5.74) is 1.60. The monoisotopic (exact) mass is 395 g/mol. The number of para-hydroxylation sites is 1. The van der Waals surface area contributed by atoms with Crippen LogP contribution in [0.2, 0.25) is 0 Å². The zero-order chi connectivity index (χ0) is 20.4. The van der Waals surface area contributed by atoms with E-state index in [9.17, 15) is 4.79 Å². The van der Waals surface area contributed by atoms with Crippen molar-refractivity contribution >= 4 is 29.0 Å². The Morgan fingerprint density at radius 1 is 1.10 bits per heavy atom. The Hall–Kier alpha value is -2.38. The molecule has 2 aliphatic heterocycles. The lowest BCUT2D eigenvalue weighted by atomic mass is 9.70. The van der Waals surface area contributed by atoms with Gasteiger partial charge in [0.05, 0.1) is 12.3 Å². The summed E-state index contributed by atoms with van der Waals surface area (Å²) in [6.07, 6.45) is 1.30. The molecule has 3 aliphatic rings. The summed E-state index contributed by atoms with van der Waals surface area (Å²) in [5, 5.41) is 9.16. The number of fused-ring (bicyclic) bond motifs is 1. The van der Waals surface area contributed by atoms with Crippen LogP contribution in [0.15, 0.2) is 45.3 Å². The number of nitrogens with zero attached hydrogens (tertiary/aromatic N) is 5. The molecule has 1 aromatic rings. The van der Waals surface area contributed by atoms with Crippen molar-refractivity contribution in [2.45, 2.75) is 26.7 Å². The van der Waals surface area contributed by atoms with Crippen LogP contribution in [0.25, 0.3) is 0 Å². The second-order valence-corrected chi connectivity index (χ2v) is 8.79. The number of ketones is 1. The lowest BCUT2D eigenvalue weighted by Gasteiger charge is -2.39. The van der Waals surface area contributed by atoms with Gasteiger partial charge in [-0.15, -0.1) is 0 Å². The summed E-state index contributed by atoms with van der Waals surface area (Å²) in [5.74, 6) is 0.961. The molecule has 0 bridgehead atoms. The van der Waals surface area contributed by atoms with Gasteiger partial charge in [0.2, 0.25) is 5.96 Å². The van der Waals surface area contributed by atoms with Crippen molar-refractivity contribution in [3.05, 3.63) is 30.3 Å². The maximum atomic E-state index is 13.0. The lowest BCUT2D eigenvalue weighted by Crippen LogP contribution is -2.51. The highest BCUT2D eigenvalue weighted by molar-refractivity contribution is 6.29. The van der Waals surface area contributed by atoms with Crippen molar-refractivity contribution in [1.82, 2.24) is 9.80 Å². The van der Waals surface area contributed by atoms with E-state index >= 15 is 0 Å². The highest BCUT2D eigenvalue weighted by atomic mass is 16.3. The Morgan fingerprint density at radius 3 is 2.52 bits per heavy atom. The summed E-state index contributed by atoms with van der Waals surface area (Å²) in [6.45, 7) is 8.45. The van der Waals surface area contributed by atoms with Crippen molar-refractivity contribution in [1.29, 1.82) is 0 Å². The van der Waals surface area contributed by atoms with Gasteiger partial charge in [0.1, 0.15) is 17.5 Å². The molecule has 0 radical (unpaired) electrons. The van der Waals surface area contributed by atoms with E-state index in [0.29, 0.717) is 24.8 Å². The quantitative estimate of drug-likeness (QED) is 0.850. The number of carbonyl (C=O) groups excluding carboxylic acids is 1. The predicted molar refractivity (Wildman–Crippen MR) is 115 cm³/mol. The third-order valence-corrected chi connectivity index (χ3v) is 5.76. The van der Waals surface area contributed by atoms with E-state index in [0.717, 1.165) is 44.0 Å². The zero-order valence-electron chi connectivity index (χ0n) is 17.2. The molecule has 0 spiro atoms. The third kappa shape index (κ3) is 4.46. The maximum Gasteiger partial charge on any atom is 0.227 e. The van der Waals surface area contributed by atoms with Crippen molar-refractivity contribution < 1.29 is 9.90 Å². The van der Waals surface area contributed by atoms with Crippen LogP contribution >= 0.6 is 0 Å². The fourth-order valence-electron chi connectivity index (χ4n) is 4.31. The Kier molecular flexibility index (Phi) is 5.61. The molecule has 0 amide bonds. The minimum absolute atomic E-state index is 0.0907. The zero-order valence-corrected chi connectivity index (χ0v) is 17.2. The molecule has 7 heteroatoms. The molecule has 1 aromatic carbocycles. The smallest absolute Gasteiger partial charge is 0.227 e. The number of hydrogen-bond acceptors (Lipinski definition) is 6. The average Bonchev–Trinajstić information content (AvgIpc) is 2.68. The predicted octanol–water partition coefficient (Wildman–Crippen LogP) is 2.14.